The van der Waals surface area contributed by atoms with Crippen LogP contribution in [0.2, 0.25) is 0 Å². The third-order valence-corrected chi connectivity index (χ3v) is 2.32. The predicted octanol–water partition coefficient (Wildman–Crippen LogP) is 0.376. The lowest BCUT2D eigenvalue weighted by atomic mass is 10.3. The summed E-state index contributed by atoms with van der Waals surface area (Å²) in [5.74, 6) is 0.546. The van der Waals surface area contributed by atoms with Crippen molar-refractivity contribution < 1.29 is 4.79 Å². The Bertz CT molecular complexity index is 327. The molecule has 1 amide bonds. The number of aromatic nitrogens is 2. The van der Waals surface area contributed by atoms with Gasteiger partial charge in [-0.25, -0.2) is 0 Å². The van der Waals surface area contributed by atoms with Crippen LogP contribution in [0.15, 0.2) is 12.3 Å². The van der Waals surface area contributed by atoms with Gasteiger partial charge in [0.2, 0.25) is 5.91 Å². The second kappa shape index (κ2) is 3.79. The highest BCUT2D eigenvalue weighted by Crippen LogP contribution is 2.15. The summed E-state index contributed by atoms with van der Waals surface area (Å²) in [6, 6.07) is 2.25. The maximum absolute atomic E-state index is 10.8. The molecule has 1 aliphatic rings. The van der Waals surface area contributed by atoms with Gasteiger partial charge in [-0.2, -0.15) is 5.10 Å². The van der Waals surface area contributed by atoms with Gasteiger partial charge < -0.3 is 10.6 Å². The molecule has 1 unspecified atom stereocenters. The predicted molar refractivity (Wildman–Crippen MR) is 53.1 cm³/mol. The minimum absolute atomic E-state index is 0.0835. The van der Waals surface area contributed by atoms with E-state index in [1.54, 1.807) is 0 Å². The lowest BCUT2D eigenvalue weighted by molar-refractivity contribution is -0.114. The van der Waals surface area contributed by atoms with Crippen LogP contribution < -0.4 is 10.6 Å². The maximum atomic E-state index is 10.8. The lowest BCUT2D eigenvalue weighted by Gasteiger charge is -2.07. The smallest absolute Gasteiger partial charge is 0.222 e. The first kappa shape index (κ1) is 9.21. The van der Waals surface area contributed by atoms with Gasteiger partial charge in [0, 0.05) is 25.7 Å². The van der Waals surface area contributed by atoms with Crippen molar-refractivity contribution in [3.8, 4) is 0 Å². The molecule has 76 valence electrons. The maximum Gasteiger partial charge on any atom is 0.222 e. The standard InChI is InChI=1S/C9H14N4O/c1-7(14)11-9-3-5-13(12-9)8-2-4-10-6-8/h3,5,8,10H,2,4,6H2,1H3,(H,11,12,14). The van der Waals surface area contributed by atoms with E-state index in [0.717, 1.165) is 19.5 Å². The Morgan fingerprint density at radius 2 is 2.64 bits per heavy atom. The fourth-order valence-corrected chi connectivity index (χ4v) is 1.65. The van der Waals surface area contributed by atoms with E-state index in [1.165, 1.54) is 6.92 Å². The van der Waals surface area contributed by atoms with Crippen LogP contribution in [0.4, 0.5) is 5.82 Å². The summed E-state index contributed by atoms with van der Waals surface area (Å²) in [4.78, 5) is 10.8. The minimum atomic E-state index is -0.0835. The van der Waals surface area contributed by atoms with Gasteiger partial charge in [-0.15, -0.1) is 0 Å². The summed E-state index contributed by atoms with van der Waals surface area (Å²) in [6.07, 6.45) is 3.00. The Hall–Kier alpha value is -1.36. The van der Waals surface area contributed by atoms with E-state index in [4.69, 9.17) is 0 Å². The Morgan fingerprint density at radius 3 is 3.29 bits per heavy atom. The molecule has 0 aromatic carbocycles. The molecule has 0 bridgehead atoms. The van der Waals surface area contributed by atoms with Gasteiger partial charge in [0.05, 0.1) is 6.04 Å². The van der Waals surface area contributed by atoms with Gasteiger partial charge in [-0.05, 0) is 13.0 Å². The van der Waals surface area contributed by atoms with E-state index in [1.807, 2.05) is 16.9 Å². The molecule has 14 heavy (non-hydrogen) atoms. The first-order valence-electron chi connectivity index (χ1n) is 4.79. The zero-order valence-electron chi connectivity index (χ0n) is 8.16. The monoisotopic (exact) mass is 194 g/mol. The second-order valence-corrected chi connectivity index (χ2v) is 3.51. The lowest BCUT2D eigenvalue weighted by Crippen LogP contribution is -2.14. The molecule has 0 aliphatic carbocycles. The average Bonchev–Trinajstić information content (AvgIpc) is 2.69. The molecule has 5 heteroatoms. The van der Waals surface area contributed by atoms with Crippen molar-refractivity contribution in [3.05, 3.63) is 12.3 Å². The molecule has 1 fully saturated rings. The fraction of sp³-hybridized carbons (Fsp3) is 0.556. The Morgan fingerprint density at radius 1 is 1.79 bits per heavy atom. The molecule has 1 aromatic heterocycles. The largest absolute Gasteiger partial charge is 0.315 e. The van der Waals surface area contributed by atoms with E-state index in [0.29, 0.717) is 11.9 Å². The van der Waals surface area contributed by atoms with Crippen LogP contribution in [0.25, 0.3) is 0 Å². The molecule has 0 radical (unpaired) electrons. The Balaban J connectivity index is 2.05. The molecule has 1 aliphatic heterocycles. The van der Waals surface area contributed by atoms with Gasteiger partial charge in [0.1, 0.15) is 0 Å². The topological polar surface area (TPSA) is 59.0 Å². The number of hydrogen-bond acceptors (Lipinski definition) is 3. The van der Waals surface area contributed by atoms with Crippen LogP contribution in [0, 0.1) is 0 Å². The van der Waals surface area contributed by atoms with Crippen LogP contribution in [0.3, 0.4) is 0 Å². The minimum Gasteiger partial charge on any atom is -0.315 e. The van der Waals surface area contributed by atoms with Crippen LogP contribution in [0.5, 0.6) is 0 Å². The summed E-state index contributed by atoms with van der Waals surface area (Å²) in [7, 11) is 0. The van der Waals surface area contributed by atoms with Crippen molar-refractivity contribution in [3.63, 3.8) is 0 Å². The molecule has 2 heterocycles. The molecule has 0 saturated carbocycles. The Kier molecular flexibility index (Phi) is 2.49. The average molecular weight is 194 g/mol. The van der Waals surface area contributed by atoms with Gasteiger partial charge >= 0.3 is 0 Å². The van der Waals surface area contributed by atoms with Crippen LogP contribution in [0.1, 0.15) is 19.4 Å². The number of nitrogens with zero attached hydrogens (tertiary/aromatic N) is 2. The van der Waals surface area contributed by atoms with E-state index >= 15 is 0 Å². The van der Waals surface area contributed by atoms with Gasteiger partial charge in [0.25, 0.3) is 0 Å². The van der Waals surface area contributed by atoms with Crippen molar-refractivity contribution in [2.45, 2.75) is 19.4 Å². The van der Waals surface area contributed by atoms with Crippen molar-refractivity contribution in [2.24, 2.45) is 0 Å². The van der Waals surface area contributed by atoms with Gasteiger partial charge in [-0.1, -0.05) is 0 Å². The van der Waals surface area contributed by atoms with Gasteiger partial charge in [0.15, 0.2) is 5.82 Å². The van der Waals surface area contributed by atoms with E-state index in [9.17, 15) is 4.79 Å². The zero-order valence-corrected chi connectivity index (χ0v) is 8.16. The van der Waals surface area contributed by atoms with Crippen LogP contribution >= 0.6 is 0 Å². The summed E-state index contributed by atoms with van der Waals surface area (Å²) in [6.45, 7) is 3.48. The summed E-state index contributed by atoms with van der Waals surface area (Å²) in [5, 5.41) is 10.2. The number of rotatable bonds is 2. The molecular formula is C9H14N4O. The Labute approximate surface area is 82.5 Å². The molecule has 1 atom stereocenters. The van der Waals surface area contributed by atoms with Crippen molar-refractivity contribution in [2.75, 3.05) is 18.4 Å². The van der Waals surface area contributed by atoms with Crippen LogP contribution in [-0.2, 0) is 4.79 Å². The van der Waals surface area contributed by atoms with Crippen molar-refractivity contribution in [1.82, 2.24) is 15.1 Å². The van der Waals surface area contributed by atoms with E-state index in [-0.39, 0.29) is 5.91 Å². The molecule has 2 N–H and O–H groups in total. The third-order valence-electron chi connectivity index (χ3n) is 2.32. The molecule has 2 rings (SSSR count). The number of carbonyl (C=O) groups excluding carboxylic acids is 1. The molecule has 1 saturated heterocycles. The first-order valence-corrected chi connectivity index (χ1v) is 4.79. The summed E-state index contributed by atoms with van der Waals surface area (Å²) < 4.78 is 1.91. The number of hydrogen-bond donors (Lipinski definition) is 2. The van der Waals surface area contributed by atoms with E-state index in [2.05, 4.69) is 15.7 Å². The summed E-state index contributed by atoms with van der Waals surface area (Å²) >= 11 is 0. The molecule has 0 spiro atoms. The highest BCUT2D eigenvalue weighted by molar-refractivity contribution is 5.87. The van der Waals surface area contributed by atoms with Gasteiger partial charge in [-0.3, -0.25) is 9.48 Å². The number of carbonyl (C=O) groups is 1. The van der Waals surface area contributed by atoms with E-state index < -0.39 is 0 Å². The second-order valence-electron chi connectivity index (χ2n) is 3.51. The van der Waals surface area contributed by atoms with Crippen molar-refractivity contribution in [1.29, 1.82) is 0 Å². The highest BCUT2D eigenvalue weighted by Gasteiger charge is 2.16. The number of amides is 1. The normalized spacial score (nSPS) is 21.1. The highest BCUT2D eigenvalue weighted by atomic mass is 16.1. The number of anilines is 1. The van der Waals surface area contributed by atoms with Crippen molar-refractivity contribution >= 4 is 11.7 Å². The molecule has 5 nitrogen and oxygen atoms in total. The SMILES string of the molecule is CC(=O)Nc1ccn(C2CCNC2)n1. The first-order chi connectivity index (χ1) is 6.75. The molecular weight excluding hydrogens is 180 g/mol. The quantitative estimate of drug-likeness (QED) is 0.715. The fourth-order valence-electron chi connectivity index (χ4n) is 1.65. The molecule has 1 aromatic rings. The number of nitrogens with one attached hydrogen (secondary N) is 2. The summed E-state index contributed by atoms with van der Waals surface area (Å²) in [5.41, 5.74) is 0. The third kappa shape index (κ3) is 1.93. The zero-order chi connectivity index (χ0) is 9.97. The van der Waals surface area contributed by atoms with Crippen LogP contribution in [-0.4, -0.2) is 28.8 Å².